The second-order valence-electron chi connectivity index (χ2n) is 15.0. The van der Waals surface area contributed by atoms with Gasteiger partial charge in [-0.25, -0.2) is 4.99 Å². The number of aromatic nitrogens is 1. The van der Waals surface area contributed by atoms with Gasteiger partial charge in [0.1, 0.15) is 11.5 Å². The maximum absolute atomic E-state index is 6.47. The van der Waals surface area contributed by atoms with Crippen LogP contribution in [-0.2, 0) is 0 Å². The predicted octanol–water partition coefficient (Wildman–Crippen LogP) is 12.4. The van der Waals surface area contributed by atoms with Gasteiger partial charge in [0.05, 0.1) is 22.1 Å². The molecule has 3 heterocycles. The van der Waals surface area contributed by atoms with Gasteiger partial charge in [0.15, 0.2) is 0 Å². The van der Waals surface area contributed by atoms with Crippen LogP contribution in [0.25, 0.3) is 81.9 Å². The van der Waals surface area contributed by atoms with Gasteiger partial charge in [-0.15, -0.1) is 0 Å². The van der Waals surface area contributed by atoms with Gasteiger partial charge in [-0.3, -0.25) is 0 Å². The molecule has 0 saturated carbocycles. The van der Waals surface area contributed by atoms with Gasteiger partial charge in [-0.05, 0) is 86.6 Å². The van der Waals surface area contributed by atoms with E-state index in [9.17, 15) is 0 Å². The number of nitrogens with zero attached hydrogens (tertiary/aromatic N) is 2. The molecule has 0 spiro atoms. The number of para-hydroxylation sites is 2. The number of hydrogen-bond acceptors (Lipinski definition) is 2. The van der Waals surface area contributed by atoms with Gasteiger partial charge >= 0.3 is 0 Å². The molecule has 1 atom stereocenters. The van der Waals surface area contributed by atoms with Crippen molar-refractivity contribution >= 4 is 76.2 Å². The topological polar surface area (TPSA) is 26.5 Å². The summed E-state index contributed by atoms with van der Waals surface area (Å²) < 4.78 is 8.97. The highest BCUT2D eigenvalue weighted by atomic mass is 16.5. The SMILES string of the molecule is CC1C/C=C(\c2cccc(-n3c4ccccc4c4c5c6ccccc6c6ccccc6c5c5ccccc5c43)c2)N=c2cccc3c2=C1c1ccccc1O3. The van der Waals surface area contributed by atoms with Crippen molar-refractivity contribution in [3.63, 3.8) is 0 Å². The van der Waals surface area contributed by atoms with Crippen molar-refractivity contribution in [2.45, 2.75) is 13.3 Å². The Hall–Kier alpha value is -6.97. The summed E-state index contributed by atoms with van der Waals surface area (Å²) in [6, 6.07) is 59.4. The van der Waals surface area contributed by atoms with E-state index in [0.29, 0.717) is 0 Å². The maximum atomic E-state index is 6.47. The lowest BCUT2D eigenvalue weighted by Gasteiger charge is -2.25. The van der Waals surface area contributed by atoms with Gasteiger partial charge in [-0.1, -0.05) is 140 Å². The quantitative estimate of drug-likeness (QED) is 0.165. The van der Waals surface area contributed by atoms with Gasteiger partial charge in [0.25, 0.3) is 0 Å². The maximum Gasteiger partial charge on any atom is 0.137 e. The molecule has 3 nitrogen and oxygen atoms in total. The molecule has 55 heavy (non-hydrogen) atoms. The molecule has 0 radical (unpaired) electrons. The molecule has 0 amide bonds. The molecule has 258 valence electrons. The third-order valence-electron chi connectivity index (χ3n) is 12.0. The third kappa shape index (κ3) is 4.29. The second-order valence-corrected chi connectivity index (χ2v) is 15.0. The Morgan fingerprint density at radius 3 is 1.96 bits per heavy atom. The minimum absolute atomic E-state index is 0.279. The van der Waals surface area contributed by atoms with Crippen LogP contribution in [0.4, 0.5) is 0 Å². The van der Waals surface area contributed by atoms with Crippen LogP contribution in [0, 0.1) is 5.92 Å². The van der Waals surface area contributed by atoms with Gasteiger partial charge in [0.2, 0.25) is 0 Å². The Morgan fingerprint density at radius 2 is 1.16 bits per heavy atom. The van der Waals surface area contributed by atoms with Crippen molar-refractivity contribution in [2.24, 2.45) is 10.9 Å². The Morgan fingerprint density at radius 1 is 0.545 bits per heavy atom. The number of allylic oxidation sites excluding steroid dienone is 1. The normalized spacial score (nSPS) is 16.1. The van der Waals surface area contributed by atoms with Crippen molar-refractivity contribution in [3.8, 4) is 17.2 Å². The van der Waals surface area contributed by atoms with Crippen LogP contribution in [0.3, 0.4) is 0 Å². The molecule has 1 aromatic heterocycles. The highest BCUT2D eigenvalue weighted by Crippen LogP contribution is 2.48. The molecule has 0 fully saturated rings. The summed E-state index contributed by atoms with van der Waals surface area (Å²) in [5.41, 5.74) is 8.08. The van der Waals surface area contributed by atoms with Crippen molar-refractivity contribution in [1.29, 1.82) is 0 Å². The molecule has 0 saturated heterocycles. The second kappa shape index (κ2) is 11.5. The van der Waals surface area contributed by atoms with Gasteiger partial charge < -0.3 is 9.30 Å². The summed E-state index contributed by atoms with van der Waals surface area (Å²) in [7, 11) is 0. The van der Waals surface area contributed by atoms with E-state index in [-0.39, 0.29) is 5.92 Å². The van der Waals surface area contributed by atoms with E-state index >= 15 is 0 Å². The van der Waals surface area contributed by atoms with E-state index < -0.39 is 0 Å². The fourth-order valence-electron chi connectivity index (χ4n) is 9.68. The van der Waals surface area contributed by atoms with Crippen LogP contribution in [-0.4, -0.2) is 4.57 Å². The first-order valence-electron chi connectivity index (χ1n) is 19.2. The number of fused-ring (bicyclic) bond motifs is 15. The lowest BCUT2D eigenvalue weighted by atomic mass is 9.86. The van der Waals surface area contributed by atoms with E-state index in [2.05, 4.69) is 175 Å². The largest absolute Gasteiger partial charge is 0.456 e. The molecule has 1 unspecified atom stereocenters. The first kappa shape index (κ1) is 30.5. The molecule has 12 rings (SSSR count). The number of rotatable bonds is 2. The fraction of sp³-hybridized carbons (Fsp3) is 0.0577. The van der Waals surface area contributed by atoms with Crippen molar-refractivity contribution in [2.75, 3.05) is 0 Å². The van der Waals surface area contributed by atoms with Crippen LogP contribution in [0.1, 0.15) is 24.5 Å². The van der Waals surface area contributed by atoms with E-state index in [1.807, 2.05) is 6.07 Å². The lowest BCUT2D eigenvalue weighted by molar-refractivity contribution is 0.467. The summed E-state index contributed by atoms with van der Waals surface area (Å²) in [4.78, 5) is 5.42. The van der Waals surface area contributed by atoms with E-state index in [0.717, 1.165) is 51.0 Å². The average molecular weight is 703 g/mol. The van der Waals surface area contributed by atoms with E-state index in [1.165, 1.54) is 70.5 Å². The molecule has 3 heteroatoms. The summed E-state index contributed by atoms with van der Waals surface area (Å²) in [5.74, 6) is 2.07. The summed E-state index contributed by atoms with van der Waals surface area (Å²) in [5, 5.41) is 14.9. The van der Waals surface area contributed by atoms with Gasteiger partial charge in [0, 0.05) is 43.6 Å². The molecule has 2 aliphatic rings. The first-order chi connectivity index (χ1) is 27.2. The lowest BCUT2D eigenvalue weighted by Crippen LogP contribution is -2.33. The summed E-state index contributed by atoms with van der Waals surface area (Å²) in [6.45, 7) is 2.33. The predicted molar refractivity (Wildman–Crippen MR) is 229 cm³/mol. The van der Waals surface area contributed by atoms with Crippen molar-refractivity contribution in [3.05, 3.63) is 192 Å². The number of ether oxygens (including phenoxy) is 1. The molecule has 0 aliphatic carbocycles. The molecule has 10 aromatic rings. The first-order valence-corrected chi connectivity index (χ1v) is 19.2. The Balaban J connectivity index is 1.16. The van der Waals surface area contributed by atoms with E-state index in [4.69, 9.17) is 9.73 Å². The van der Waals surface area contributed by atoms with Gasteiger partial charge in [-0.2, -0.15) is 0 Å². The van der Waals surface area contributed by atoms with Crippen molar-refractivity contribution < 1.29 is 4.74 Å². The standard InChI is InChI=1S/C52H34N2O/c1-31-28-29-42(53-43-24-13-27-46-51(43)47(31)41-23-9-11-26-45(41)55-46)32-14-12-15-33(30-32)54-44-25-10-8-22-40(44)50-49-37-19-5-3-17-35(37)34-16-2-4-18-36(34)48(49)38-20-6-7-21-39(38)52(50)54/h2-27,29-31H,28H2,1H3/b42-29+,53-43?. The zero-order chi connectivity index (χ0) is 36.2. The zero-order valence-electron chi connectivity index (χ0n) is 30.3. The minimum Gasteiger partial charge on any atom is -0.456 e. The molecule has 2 aliphatic heterocycles. The minimum atomic E-state index is 0.279. The van der Waals surface area contributed by atoms with Crippen LogP contribution < -0.4 is 15.3 Å². The van der Waals surface area contributed by atoms with Crippen LogP contribution in [0.5, 0.6) is 11.5 Å². The fourth-order valence-corrected chi connectivity index (χ4v) is 9.68. The molecule has 0 N–H and O–H groups in total. The van der Waals surface area contributed by atoms with E-state index in [1.54, 1.807) is 0 Å². The number of hydrogen-bond donors (Lipinski definition) is 0. The highest BCUT2D eigenvalue weighted by molar-refractivity contribution is 6.42. The van der Waals surface area contributed by atoms with Crippen LogP contribution in [0.2, 0.25) is 0 Å². The van der Waals surface area contributed by atoms with Crippen LogP contribution in [0.15, 0.2) is 175 Å². The Bertz CT molecular complexity index is 3460. The number of benzene rings is 9. The molecule has 0 bridgehead atoms. The monoisotopic (exact) mass is 702 g/mol. The molecular formula is C52H34N2O. The molecular weight excluding hydrogens is 669 g/mol. The highest BCUT2D eigenvalue weighted by Gasteiger charge is 2.25. The van der Waals surface area contributed by atoms with Crippen molar-refractivity contribution in [1.82, 2.24) is 4.57 Å². The zero-order valence-corrected chi connectivity index (χ0v) is 30.3. The Labute approximate surface area is 317 Å². The Kier molecular flexibility index (Phi) is 6.38. The van der Waals surface area contributed by atoms with Crippen LogP contribution >= 0.6 is 0 Å². The summed E-state index contributed by atoms with van der Waals surface area (Å²) in [6.07, 6.45) is 3.20. The average Bonchev–Trinajstić information content (AvgIpc) is 3.59. The molecule has 9 aromatic carbocycles. The smallest absolute Gasteiger partial charge is 0.137 e. The summed E-state index contributed by atoms with van der Waals surface area (Å²) >= 11 is 0. The third-order valence-corrected chi connectivity index (χ3v) is 12.0.